The van der Waals surface area contributed by atoms with Gasteiger partial charge < -0.3 is 28.4 Å². The van der Waals surface area contributed by atoms with E-state index >= 15 is 0 Å². The normalized spacial score (nSPS) is 12.8. The smallest absolute Gasteiger partial charge is 0.134 e. The van der Waals surface area contributed by atoms with E-state index in [1.165, 1.54) is 22.3 Å². The first-order valence-corrected chi connectivity index (χ1v) is 21.9. The molecule has 0 fully saturated rings. The lowest BCUT2D eigenvalue weighted by Gasteiger charge is -2.38. The molecule has 2 aliphatic rings. The highest BCUT2D eigenvalue weighted by Crippen LogP contribution is 2.59. The second-order valence-corrected chi connectivity index (χ2v) is 17.1. The molecular weight excluding hydrogens is 793 g/mol. The average molecular weight is 843 g/mol. The third kappa shape index (κ3) is 8.91. The van der Waals surface area contributed by atoms with Crippen molar-refractivity contribution in [2.45, 2.75) is 66.0 Å². The van der Waals surface area contributed by atoms with Crippen LogP contribution in [0.3, 0.4) is 0 Å². The molecule has 0 radical (unpaired) electrons. The van der Waals surface area contributed by atoms with Crippen LogP contribution in [0, 0.1) is 27.7 Å². The van der Waals surface area contributed by atoms with Crippen molar-refractivity contribution in [2.24, 2.45) is 0 Å². The molecule has 0 bridgehead atoms. The molecule has 10 rings (SSSR count). The van der Waals surface area contributed by atoms with E-state index in [0.29, 0.717) is 26.4 Å². The van der Waals surface area contributed by atoms with Crippen molar-refractivity contribution in [3.8, 4) is 46.0 Å². The Morgan fingerprint density at radius 2 is 0.562 bits per heavy atom. The number of rotatable bonds is 13. The highest BCUT2D eigenvalue weighted by atomic mass is 16.5. The Balaban J connectivity index is 1.05. The minimum atomic E-state index is -0.171. The predicted octanol–water partition coefficient (Wildman–Crippen LogP) is 14.4. The van der Waals surface area contributed by atoms with Gasteiger partial charge in [0.25, 0.3) is 0 Å². The Morgan fingerprint density at radius 1 is 0.312 bits per heavy atom. The third-order valence-corrected chi connectivity index (χ3v) is 12.0. The van der Waals surface area contributed by atoms with Crippen molar-refractivity contribution in [2.75, 3.05) is 0 Å². The van der Waals surface area contributed by atoms with Crippen LogP contribution < -0.4 is 28.4 Å². The molecule has 64 heavy (non-hydrogen) atoms. The second kappa shape index (κ2) is 17.7. The molecule has 2 heterocycles. The van der Waals surface area contributed by atoms with Gasteiger partial charge in [-0.15, -0.1) is 0 Å². The lowest BCUT2D eigenvalue weighted by molar-refractivity contribution is 0.299. The number of aryl methyl sites for hydroxylation is 4. The van der Waals surface area contributed by atoms with Crippen molar-refractivity contribution in [1.82, 2.24) is 0 Å². The topological polar surface area (TPSA) is 55.4 Å². The highest BCUT2D eigenvalue weighted by molar-refractivity contribution is 5.65. The van der Waals surface area contributed by atoms with Gasteiger partial charge in [0.15, 0.2) is 0 Å². The Bertz CT molecular complexity index is 2590. The fraction of sp³-hybridized carbons (Fsp3) is 0.172. The van der Waals surface area contributed by atoms with E-state index in [1.807, 2.05) is 24.3 Å². The van der Waals surface area contributed by atoms with Gasteiger partial charge in [-0.2, -0.15) is 0 Å². The van der Waals surface area contributed by atoms with Crippen molar-refractivity contribution >= 4 is 0 Å². The van der Waals surface area contributed by atoms with E-state index in [9.17, 15) is 0 Å². The maximum Gasteiger partial charge on any atom is 0.134 e. The van der Waals surface area contributed by atoms with E-state index in [4.69, 9.17) is 28.4 Å². The summed E-state index contributed by atoms with van der Waals surface area (Å²) >= 11 is 0. The monoisotopic (exact) mass is 842 g/mol. The molecule has 0 unspecified atom stereocenters. The Labute approximate surface area is 375 Å². The van der Waals surface area contributed by atoms with Gasteiger partial charge in [0, 0.05) is 58.4 Å². The van der Waals surface area contributed by atoms with Crippen LogP contribution in [0.5, 0.6) is 46.0 Å². The van der Waals surface area contributed by atoms with Gasteiger partial charge in [0.2, 0.25) is 0 Å². The van der Waals surface area contributed by atoms with E-state index in [-0.39, 0.29) is 11.8 Å². The van der Waals surface area contributed by atoms with E-state index in [1.54, 1.807) is 0 Å². The minimum Gasteiger partial charge on any atom is -0.489 e. The zero-order chi connectivity index (χ0) is 43.6. The molecule has 318 valence electrons. The molecular formula is C58H50O6. The van der Waals surface area contributed by atoms with Gasteiger partial charge in [-0.3, -0.25) is 0 Å². The SMILES string of the molecule is Cc1cccc(COc2ccc3c(c2)Oc2cc(OCc4cccc(C)c4)ccc2C3C2c3ccc(OCc4cccc(C)c4)cc3Oc3cc(OCc4cccc(C)c4)ccc32)c1. The summed E-state index contributed by atoms with van der Waals surface area (Å²) in [6.07, 6.45) is 0. The molecule has 8 aromatic rings. The molecule has 0 saturated heterocycles. The zero-order valence-electron chi connectivity index (χ0n) is 36.6. The lowest BCUT2D eigenvalue weighted by atomic mass is 9.71. The Hall–Kier alpha value is -7.44. The standard InChI is InChI=1S/C58H50O6/c1-37-9-5-13-41(25-37)33-59-45-17-21-49-53(29-45)63-54-30-46(60-34-42-14-6-10-38(2)26-42)18-22-50(54)57(49)58-51-23-19-47(61-35-43-15-7-11-39(3)27-43)31-55(51)64-56-32-48(20-24-52(56)58)62-36-44-16-8-12-40(4)28-44/h5-32,57-58H,33-36H2,1-4H3. The van der Waals surface area contributed by atoms with Crippen molar-refractivity contribution < 1.29 is 28.4 Å². The average Bonchev–Trinajstić information content (AvgIpc) is 3.30. The first kappa shape index (κ1) is 40.6. The van der Waals surface area contributed by atoms with E-state index in [2.05, 4.69) is 173 Å². The molecule has 0 spiro atoms. The summed E-state index contributed by atoms with van der Waals surface area (Å²) in [7, 11) is 0. The third-order valence-electron chi connectivity index (χ3n) is 12.0. The summed E-state index contributed by atoms with van der Waals surface area (Å²) in [6.45, 7) is 10.2. The molecule has 0 aliphatic carbocycles. The number of benzene rings is 8. The molecule has 0 N–H and O–H groups in total. The van der Waals surface area contributed by atoms with Crippen LogP contribution in [-0.4, -0.2) is 0 Å². The van der Waals surface area contributed by atoms with E-state index in [0.717, 1.165) is 90.5 Å². The zero-order valence-corrected chi connectivity index (χ0v) is 36.6. The summed E-state index contributed by atoms with van der Waals surface area (Å²) < 4.78 is 39.4. The Morgan fingerprint density at radius 3 is 0.797 bits per heavy atom. The molecule has 2 aliphatic heterocycles. The van der Waals surface area contributed by atoms with Gasteiger partial charge in [0.05, 0.1) is 0 Å². The summed E-state index contributed by atoms with van der Waals surface area (Å²) in [6, 6.07) is 58.5. The summed E-state index contributed by atoms with van der Waals surface area (Å²) in [5.74, 6) is 5.52. The molecule has 6 nitrogen and oxygen atoms in total. The summed E-state index contributed by atoms with van der Waals surface area (Å²) in [4.78, 5) is 0. The van der Waals surface area contributed by atoms with Crippen LogP contribution in [0.2, 0.25) is 0 Å². The first-order valence-electron chi connectivity index (χ1n) is 21.9. The molecule has 0 atom stereocenters. The molecule has 8 aromatic carbocycles. The van der Waals surface area contributed by atoms with Crippen LogP contribution in [0.4, 0.5) is 0 Å². The maximum atomic E-state index is 6.87. The second-order valence-electron chi connectivity index (χ2n) is 17.1. The van der Waals surface area contributed by atoms with Gasteiger partial charge >= 0.3 is 0 Å². The number of ether oxygens (including phenoxy) is 6. The van der Waals surface area contributed by atoms with Crippen molar-refractivity contribution in [3.63, 3.8) is 0 Å². The van der Waals surface area contributed by atoms with Crippen molar-refractivity contribution in [1.29, 1.82) is 0 Å². The largest absolute Gasteiger partial charge is 0.489 e. The number of hydrogen-bond acceptors (Lipinski definition) is 6. The number of fused-ring (bicyclic) bond motifs is 4. The lowest BCUT2D eigenvalue weighted by Crippen LogP contribution is -2.22. The fourth-order valence-corrected chi connectivity index (χ4v) is 8.96. The van der Waals surface area contributed by atoms with Gasteiger partial charge in [-0.05, 0) is 74.2 Å². The Kier molecular flexibility index (Phi) is 11.3. The number of hydrogen-bond donors (Lipinski definition) is 0. The van der Waals surface area contributed by atoms with Crippen LogP contribution in [0.1, 0.15) is 78.6 Å². The molecule has 0 aromatic heterocycles. The van der Waals surface area contributed by atoms with Gasteiger partial charge in [-0.25, -0.2) is 0 Å². The quantitative estimate of drug-likeness (QED) is 0.115. The van der Waals surface area contributed by atoms with Gasteiger partial charge in [0.1, 0.15) is 72.4 Å². The van der Waals surface area contributed by atoms with Gasteiger partial charge in [-0.1, -0.05) is 144 Å². The molecule has 0 saturated carbocycles. The molecule has 6 heteroatoms. The minimum absolute atomic E-state index is 0.171. The first-order chi connectivity index (χ1) is 31.3. The van der Waals surface area contributed by atoms with Crippen LogP contribution in [-0.2, 0) is 26.4 Å². The highest BCUT2D eigenvalue weighted by Gasteiger charge is 2.41. The predicted molar refractivity (Wildman–Crippen MR) is 252 cm³/mol. The maximum absolute atomic E-state index is 6.87. The van der Waals surface area contributed by atoms with Crippen molar-refractivity contribution in [3.05, 3.63) is 237 Å². The van der Waals surface area contributed by atoms with Crippen LogP contribution >= 0.6 is 0 Å². The van der Waals surface area contributed by atoms with Crippen LogP contribution in [0.25, 0.3) is 0 Å². The summed E-state index contributed by atoms with van der Waals surface area (Å²) in [5.41, 5.74) is 13.4. The van der Waals surface area contributed by atoms with E-state index < -0.39 is 0 Å². The van der Waals surface area contributed by atoms with Crippen LogP contribution in [0.15, 0.2) is 170 Å². The molecule has 0 amide bonds. The summed E-state index contributed by atoms with van der Waals surface area (Å²) in [5, 5.41) is 0. The fourth-order valence-electron chi connectivity index (χ4n) is 8.96.